The Kier molecular flexibility index (Phi) is 5.94. The number of ether oxygens (including phenoxy) is 3. The summed E-state index contributed by atoms with van der Waals surface area (Å²) in [5.74, 6) is -1.64. The molecule has 0 N–H and O–H groups in total. The van der Waals surface area contributed by atoms with E-state index in [0.717, 1.165) is 12.1 Å². The van der Waals surface area contributed by atoms with Gasteiger partial charge < -0.3 is 19.1 Å². The first-order valence-electron chi connectivity index (χ1n) is 9.80. The zero-order valence-electron chi connectivity index (χ0n) is 17.4. The average Bonchev–Trinajstić information content (AvgIpc) is 3.10. The molecule has 0 aromatic heterocycles. The van der Waals surface area contributed by atoms with Crippen LogP contribution < -0.4 is 14.2 Å². The number of carbonyl (C=O) groups excluding carboxylic acids is 1. The van der Waals surface area contributed by atoms with E-state index in [4.69, 9.17) is 14.2 Å². The van der Waals surface area contributed by atoms with Gasteiger partial charge in [-0.25, -0.2) is 13.2 Å². The number of methoxy groups -OCH3 is 2. The first-order chi connectivity index (χ1) is 15.4. The predicted octanol–water partition coefficient (Wildman–Crippen LogP) is 4.90. The molecule has 8 heteroatoms. The van der Waals surface area contributed by atoms with Gasteiger partial charge in [0.1, 0.15) is 41.3 Å². The van der Waals surface area contributed by atoms with Crippen LogP contribution in [0.15, 0.2) is 54.6 Å². The van der Waals surface area contributed by atoms with Crippen LogP contribution in [0.25, 0.3) is 0 Å². The molecule has 3 aromatic rings. The van der Waals surface area contributed by atoms with E-state index < -0.39 is 29.4 Å². The van der Waals surface area contributed by atoms with Crippen LogP contribution in [0.5, 0.6) is 17.2 Å². The van der Waals surface area contributed by atoms with Crippen molar-refractivity contribution in [2.45, 2.75) is 12.6 Å². The molecule has 0 aliphatic carbocycles. The molecule has 5 nitrogen and oxygen atoms in total. The lowest BCUT2D eigenvalue weighted by Crippen LogP contribution is -2.34. The average molecular weight is 443 g/mol. The van der Waals surface area contributed by atoms with Crippen molar-refractivity contribution in [1.82, 2.24) is 4.90 Å². The third-order valence-electron chi connectivity index (χ3n) is 5.36. The van der Waals surface area contributed by atoms with Gasteiger partial charge in [-0.05, 0) is 48.0 Å². The number of fused-ring (bicyclic) bond motifs is 1. The van der Waals surface area contributed by atoms with Crippen molar-refractivity contribution < 1.29 is 32.2 Å². The number of nitrogens with zero attached hydrogens (tertiary/aromatic N) is 1. The molecule has 0 saturated carbocycles. The molecule has 1 heterocycles. The Morgan fingerprint density at radius 3 is 2.12 bits per heavy atom. The van der Waals surface area contributed by atoms with Crippen molar-refractivity contribution in [3.8, 4) is 17.2 Å². The number of hydrogen-bond acceptors (Lipinski definition) is 4. The summed E-state index contributed by atoms with van der Waals surface area (Å²) < 4.78 is 59.4. The zero-order chi connectivity index (χ0) is 22.8. The number of rotatable bonds is 7. The Balaban J connectivity index is 1.69. The minimum Gasteiger partial charge on any atom is -0.497 e. The summed E-state index contributed by atoms with van der Waals surface area (Å²) in [5.41, 5.74) is 0.398. The van der Waals surface area contributed by atoms with Gasteiger partial charge >= 0.3 is 0 Å². The van der Waals surface area contributed by atoms with E-state index in [0.29, 0.717) is 17.1 Å². The van der Waals surface area contributed by atoms with Crippen LogP contribution in [-0.2, 0) is 6.54 Å². The molecule has 0 radical (unpaired) electrons. The molecule has 1 aliphatic rings. The van der Waals surface area contributed by atoms with E-state index in [-0.39, 0.29) is 30.0 Å². The van der Waals surface area contributed by atoms with Gasteiger partial charge in [0.15, 0.2) is 0 Å². The Bertz CT molecular complexity index is 1130. The summed E-state index contributed by atoms with van der Waals surface area (Å²) in [6.07, 6.45) is 0. The van der Waals surface area contributed by atoms with Crippen molar-refractivity contribution in [2.24, 2.45) is 0 Å². The van der Waals surface area contributed by atoms with Crippen molar-refractivity contribution in [1.29, 1.82) is 0 Å². The molecular weight excluding hydrogens is 423 g/mol. The van der Waals surface area contributed by atoms with Crippen LogP contribution in [0, 0.1) is 17.5 Å². The van der Waals surface area contributed by atoms with Gasteiger partial charge in [0.05, 0.1) is 20.3 Å². The van der Waals surface area contributed by atoms with Gasteiger partial charge in [0.2, 0.25) is 0 Å². The first-order valence-corrected chi connectivity index (χ1v) is 9.80. The predicted molar refractivity (Wildman–Crippen MR) is 110 cm³/mol. The molecule has 1 unspecified atom stereocenters. The first kappa shape index (κ1) is 21.5. The van der Waals surface area contributed by atoms with Crippen molar-refractivity contribution in [2.75, 3.05) is 20.8 Å². The molecule has 32 heavy (non-hydrogen) atoms. The summed E-state index contributed by atoms with van der Waals surface area (Å²) in [5, 5.41) is 0. The lowest BCUT2D eigenvalue weighted by molar-refractivity contribution is 0.0625. The second kappa shape index (κ2) is 8.82. The van der Waals surface area contributed by atoms with E-state index in [1.165, 1.54) is 37.3 Å². The summed E-state index contributed by atoms with van der Waals surface area (Å²) >= 11 is 0. The summed E-state index contributed by atoms with van der Waals surface area (Å²) in [6, 6.07) is 11.4. The molecular formula is C24H20F3NO4. The summed E-state index contributed by atoms with van der Waals surface area (Å²) in [7, 11) is 2.83. The third-order valence-corrected chi connectivity index (χ3v) is 5.36. The minimum atomic E-state index is -1.11. The van der Waals surface area contributed by atoms with Gasteiger partial charge in [-0.1, -0.05) is 0 Å². The van der Waals surface area contributed by atoms with Gasteiger partial charge in [0.25, 0.3) is 5.91 Å². The highest BCUT2D eigenvalue weighted by Crippen LogP contribution is 2.36. The molecule has 166 valence electrons. The number of carbonyl (C=O) groups is 1. The lowest BCUT2D eigenvalue weighted by atomic mass is 10.0. The van der Waals surface area contributed by atoms with Crippen molar-refractivity contribution in [3.05, 3.63) is 88.7 Å². The van der Waals surface area contributed by atoms with Gasteiger partial charge in [0, 0.05) is 29.8 Å². The van der Waals surface area contributed by atoms with Crippen LogP contribution in [0.3, 0.4) is 0 Å². The van der Waals surface area contributed by atoms with Crippen LogP contribution in [0.1, 0.15) is 27.5 Å². The Hall–Kier alpha value is -3.68. The van der Waals surface area contributed by atoms with E-state index in [1.54, 1.807) is 24.3 Å². The van der Waals surface area contributed by atoms with E-state index in [9.17, 15) is 18.0 Å². The molecule has 0 fully saturated rings. The SMILES string of the molecule is COc1ccc(OCC(c2c(F)cc(OC)cc2F)N2Cc3cc(F)ccc3C2=O)cc1. The number of benzene rings is 3. The topological polar surface area (TPSA) is 48.0 Å². The Morgan fingerprint density at radius 2 is 1.50 bits per heavy atom. The molecule has 0 saturated heterocycles. The van der Waals surface area contributed by atoms with E-state index in [1.807, 2.05) is 0 Å². The quantitative estimate of drug-likeness (QED) is 0.521. The maximum absolute atomic E-state index is 15.0. The Labute approximate surface area is 182 Å². The molecule has 1 aliphatic heterocycles. The highest BCUT2D eigenvalue weighted by molar-refractivity contribution is 5.98. The molecule has 0 bridgehead atoms. The van der Waals surface area contributed by atoms with Gasteiger partial charge in [-0.15, -0.1) is 0 Å². The zero-order valence-corrected chi connectivity index (χ0v) is 17.4. The fourth-order valence-electron chi connectivity index (χ4n) is 3.74. The largest absolute Gasteiger partial charge is 0.497 e. The van der Waals surface area contributed by atoms with Gasteiger partial charge in [-0.3, -0.25) is 4.79 Å². The van der Waals surface area contributed by atoms with E-state index in [2.05, 4.69) is 0 Å². The highest BCUT2D eigenvalue weighted by atomic mass is 19.1. The van der Waals surface area contributed by atoms with Crippen LogP contribution in [0.2, 0.25) is 0 Å². The maximum atomic E-state index is 15.0. The smallest absolute Gasteiger partial charge is 0.255 e. The number of halogens is 3. The minimum absolute atomic E-state index is 0.00647. The van der Waals surface area contributed by atoms with Crippen LogP contribution in [0.4, 0.5) is 13.2 Å². The third kappa shape index (κ3) is 4.08. The molecule has 0 spiro atoms. The van der Waals surface area contributed by atoms with Gasteiger partial charge in [-0.2, -0.15) is 0 Å². The Morgan fingerprint density at radius 1 is 0.875 bits per heavy atom. The van der Waals surface area contributed by atoms with E-state index >= 15 is 0 Å². The van der Waals surface area contributed by atoms with Crippen LogP contribution in [-0.4, -0.2) is 31.6 Å². The lowest BCUT2D eigenvalue weighted by Gasteiger charge is -2.29. The standard InChI is InChI=1S/C24H20F3NO4/c1-30-16-4-6-17(7-5-16)32-13-22(23-20(26)10-18(31-2)11-21(23)27)28-12-14-9-15(25)3-8-19(14)24(28)29/h3-11,22H,12-13H2,1-2H3. The monoisotopic (exact) mass is 443 g/mol. The fraction of sp³-hybridized carbons (Fsp3) is 0.208. The number of hydrogen-bond donors (Lipinski definition) is 0. The second-order valence-electron chi connectivity index (χ2n) is 7.24. The van der Waals surface area contributed by atoms with Crippen molar-refractivity contribution >= 4 is 5.91 Å². The highest BCUT2D eigenvalue weighted by Gasteiger charge is 2.37. The fourth-order valence-corrected chi connectivity index (χ4v) is 3.74. The summed E-state index contributed by atoms with van der Waals surface area (Å²) in [6.45, 7) is -0.234. The molecule has 4 rings (SSSR count). The molecule has 3 aromatic carbocycles. The summed E-state index contributed by atoms with van der Waals surface area (Å²) in [4.78, 5) is 14.3. The second-order valence-corrected chi connectivity index (χ2v) is 7.24. The normalized spacial score (nSPS) is 13.7. The molecule has 1 atom stereocenters. The van der Waals surface area contributed by atoms with Crippen LogP contribution >= 0.6 is 0 Å². The molecule has 1 amide bonds. The number of amides is 1. The maximum Gasteiger partial charge on any atom is 0.255 e. The van der Waals surface area contributed by atoms with Crippen molar-refractivity contribution in [3.63, 3.8) is 0 Å².